The van der Waals surface area contributed by atoms with E-state index in [1.54, 1.807) is 67.5 Å². The zero-order chi connectivity index (χ0) is 63.5. The SMILES string of the molecule is C/C=C/C[C@@H](C)[C@@H](O)[C@H]1C(=O)N[C@@H](CC)C(=O)N(C)CC(=O)N(C)CC(=O)N[C@@H](C(C)C)C(=O)N(C)[C@@H](CC(C)C)C(=O)N[C@@H](CC)C(=O)N[C@H](C)C(=O)N(C)[C@@H](CC(C)C)C(=O)N(C)[C@@H](CC(C)C)C(=O)N(C)[C@@H](C(C)C)C(=O)N1C. The maximum absolute atomic E-state index is 15.1. The molecule has 1 heterocycles. The summed E-state index contributed by atoms with van der Waals surface area (Å²) in [6.07, 6.45) is 2.99. The van der Waals surface area contributed by atoms with Gasteiger partial charge in [-0.2, -0.15) is 0 Å². The minimum absolute atomic E-state index is 0.0270. The lowest BCUT2D eigenvalue weighted by Gasteiger charge is -2.41. The Hall–Kier alpha value is -6.13. The van der Waals surface area contributed by atoms with Gasteiger partial charge in [-0.25, -0.2) is 0 Å². The molecule has 0 radical (unpaired) electrons. The quantitative estimate of drug-likeness (QED) is 0.157. The van der Waals surface area contributed by atoms with Crippen LogP contribution in [0.15, 0.2) is 12.2 Å². The van der Waals surface area contributed by atoms with Crippen LogP contribution in [0.3, 0.4) is 0 Å². The van der Waals surface area contributed by atoms with Crippen LogP contribution in [0.5, 0.6) is 0 Å². The first-order valence-electron chi connectivity index (χ1n) is 29.3. The monoisotopic (exact) mass is 1160 g/mol. The number of hydrogen-bond donors (Lipinski definition) is 5. The third-order valence-electron chi connectivity index (χ3n) is 15.3. The van der Waals surface area contributed by atoms with Crippen LogP contribution in [0.4, 0.5) is 0 Å². The first kappa shape index (κ1) is 73.9. The number of nitrogens with one attached hydrogen (secondary N) is 4. The van der Waals surface area contributed by atoms with Crippen molar-refractivity contribution in [3.63, 3.8) is 0 Å². The molecule has 23 nitrogen and oxygen atoms in total. The van der Waals surface area contributed by atoms with Crippen molar-refractivity contribution in [2.45, 2.75) is 203 Å². The third-order valence-corrected chi connectivity index (χ3v) is 15.3. The second-order valence-corrected chi connectivity index (χ2v) is 24.5. The third kappa shape index (κ3) is 20.6. The fraction of sp³-hybridized carbons (Fsp3) is 0.780. The van der Waals surface area contributed by atoms with Crippen LogP contribution in [-0.4, -0.2) is 227 Å². The van der Waals surface area contributed by atoms with Crippen molar-refractivity contribution >= 4 is 65.0 Å². The van der Waals surface area contributed by atoms with Crippen molar-refractivity contribution in [3.8, 4) is 0 Å². The molecular weight excluding hydrogens is 1050 g/mol. The summed E-state index contributed by atoms with van der Waals surface area (Å²) in [5, 5.41) is 22.9. The lowest BCUT2D eigenvalue weighted by molar-refractivity contribution is -0.157. The summed E-state index contributed by atoms with van der Waals surface area (Å²) in [4.78, 5) is 166. The fourth-order valence-corrected chi connectivity index (χ4v) is 10.1. The van der Waals surface area contributed by atoms with Gasteiger partial charge in [0.2, 0.25) is 65.0 Å². The molecule has 0 aromatic heterocycles. The molecule has 0 aromatic rings. The van der Waals surface area contributed by atoms with Gasteiger partial charge in [0.05, 0.1) is 19.2 Å². The highest BCUT2D eigenvalue weighted by atomic mass is 16.3. The van der Waals surface area contributed by atoms with E-state index in [-0.39, 0.29) is 49.9 Å². The molecule has 23 heteroatoms. The predicted octanol–water partition coefficient (Wildman–Crippen LogP) is 2.24. The molecule has 0 bridgehead atoms. The summed E-state index contributed by atoms with van der Waals surface area (Å²) in [6, 6.07) is -11.1. The summed E-state index contributed by atoms with van der Waals surface area (Å²) in [5.41, 5.74) is 0. The van der Waals surface area contributed by atoms with Gasteiger partial charge in [-0.15, -0.1) is 0 Å². The number of aliphatic hydroxyl groups excluding tert-OH is 1. The topological polar surface area (TPSA) is 279 Å². The Kier molecular flexibility index (Phi) is 30.5. The van der Waals surface area contributed by atoms with Gasteiger partial charge in [-0.1, -0.05) is 102 Å². The van der Waals surface area contributed by atoms with Crippen LogP contribution >= 0.6 is 0 Å². The van der Waals surface area contributed by atoms with Crippen molar-refractivity contribution in [1.82, 2.24) is 55.6 Å². The molecule has 1 fully saturated rings. The molecule has 0 spiro atoms. The number of carbonyl (C=O) groups is 11. The van der Waals surface area contributed by atoms with E-state index in [4.69, 9.17) is 0 Å². The van der Waals surface area contributed by atoms with Gasteiger partial charge in [0.25, 0.3) is 0 Å². The molecule has 11 amide bonds. The molecule has 1 saturated heterocycles. The highest BCUT2D eigenvalue weighted by Gasteiger charge is 2.45. The maximum Gasteiger partial charge on any atom is 0.246 e. The van der Waals surface area contributed by atoms with Gasteiger partial charge in [-0.3, -0.25) is 52.7 Å². The van der Waals surface area contributed by atoms with Gasteiger partial charge >= 0.3 is 0 Å². The van der Waals surface area contributed by atoms with Gasteiger partial charge in [-0.05, 0) is 87.9 Å². The van der Waals surface area contributed by atoms with E-state index in [1.165, 1.54) is 75.9 Å². The van der Waals surface area contributed by atoms with E-state index in [2.05, 4.69) is 21.3 Å². The van der Waals surface area contributed by atoms with Crippen molar-refractivity contribution in [3.05, 3.63) is 12.2 Å². The van der Waals surface area contributed by atoms with Gasteiger partial charge in [0.1, 0.15) is 54.4 Å². The Bertz CT molecular complexity index is 2240. The predicted molar refractivity (Wildman–Crippen MR) is 315 cm³/mol. The van der Waals surface area contributed by atoms with Gasteiger partial charge < -0.3 is 60.7 Å². The Morgan fingerprint density at radius 3 is 1.40 bits per heavy atom. The largest absolute Gasteiger partial charge is 0.390 e. The summed E-state index contributed by atoms with van der Waals surface area (Å²) >= 11 is 0. The number of amides is 11. The van der Waals surface area contributed by atoms with Crippen molar-refractivity contribution in [1.29, 1.82) is 0 Å². The van der Waals surface area contributed by atoms with Crippen LogP contribution in [0, 0.1) is 35.5 Å². The molecule has 468 valence electrons. The summed E-state index contributed by atoms with van der Waals surface area (Å²) in [5.74, 6) is -9.55. The molecular formula is C59H105N11O12. The molecule has 0 aromatic carbocycles. The molecule has 82 heavy (non-hydrogen) atoms. The normalized spacial score (nSPS) is 26.5. The Morgan fingerprint density at radius 1 is 0.488 bits per heavy atom. The number of likely N-dealkylation sites (N-methyl/N-ethyl adjacent to an activating group) is 7. The number of nitrogens with zero attached hydrogens (tertiary/aromatic N) is 7. The molecule has 0 aliphatic carbocycles. The van der Waals surface area contributed by atoms with E-state index in [1.807, 2.05) is 41.5 Å². The van der Waals surface area contributed by atoms with Gasteiger partial charge in [0, 0.05) is 49.3 Å². The van der Waals surface area contributed by atoms with E-state index in [0.29, 0.717) is 6.42 Å². The molecule has 0 saturated carbocycles. The van der Waals surface area contributed by atoms with E-state index in [9.17, 15) is 48.3 Å². The van der Waals surface area contributed by atoms with Crippen LogP contribution in [0.25, 0.3) is 0 Å². The van der Waals surface area contributed by atoms with Gasteiger partial charge in [0.15, 0.2) is 0 Å². The first-order valence-corrected chi connectivity index (χ1v) is 29.3. The number of allylic oxidation sites excluding steroid dienone is 2. The van der Waals surface area contributed by atoms with Crippen LogP contribution in [0.2, 0.25) is 0 Å². The van der Waals surface area contributed by atoms with Crippen molar-refractivity contribution in [2.75, 3.05) is 62.4 Å². The summed E-state index contributed by atoms with van der Waals surface area (Å²) in [7, 11) is 9.81. The number of rotatable bonds is 14. The smallest absolute Gasteiger partial charge is 0.246 e. The highest BCUT2D eigenvalue weighted by molar-refractivity contribution is 5.99. The number of aliphatic hydroxyl groups is 1. The highest BCUT2D eigenvalue weighted by Crippen LogP contribution is 2.25. The number of hydrogen-bond acceptors (Lipinski definition) is 12. The summed E-state index contributed by atoms with van der Waals surface area (Å²) in [6.45, 7) is 25.3. The van der Waals surface area contributed by atoms with Crippen LogP contribution < -0.4 is 21.3 Å². The van der Waals surface area contributed by atoms with E-state index < -0.39 is 156 Å². The zero-order valence-corrected chi connectivity index (χ0v) is 53.6. The standard InChI is InChI=1S/C59H105N11O12/c1-23-26-27-38(14)50(73)49-53(76)62-41(25-3)55(78)65(17)32-46(72)64(16)31-45(71)63-47(36(10)11)58(81)66(18)42(28-33(4)5)52(75)61-40(24-2)51(74)60-39(15)54(77)67(19)43(29-34(6)7)56(79)68(20)44(30-35(8)9)57(80)69(21)48(37(12)13)59(82)70(49)22/h23,26,33-44,47-50,73H,24-25,27-32H2,1-22H3,(H,60,74)(H,61,75)(H,62,76)(H,63,71)/b26-23+/t38-,39-,40+,41+,42+,43+,44+,47+,48+,49+,50-/m1/s1. The minimum Gasteiger partial charge on any atom is -0.390 e. The zero-order valence-electron chi connectivity index (χ0n) is 53.6. The van der Waals surface area contributed by atoms with E-state index in [0.717, 1.165) is 14.7 Å². The minimum atomic E-state index is -1.60. The summed E-state index contributed by atoms with van der Waals surface area (Å²) < 4.78 is 0. The fourth-order valence-electron chi connectivity index (χ4n) is 10.1. The Balaban J connectivity index is 4.22. The average Bonchev–Trinajstić information content (AvgIpc) is 3.61. The Labute approximate surface area is 489 Å². The van der Waals surface area contributed by atoms with Crippen molar-refractivity contribution < 1.29 is 57.8 Å². The Morgan fingerprint density at radius 2 is 0.939 bits per heavy atom. The van der Waals surface area contributed by atoms with Crippen LogP contribution in [0.1, 0.15) is 142 Å². The average molecular weight is 1160 g/mol. The molecule has 1 rings (SSSR count). The second-order valence-electron chi connectivity index (χ2n) is 24.5. The number of carbonyl (C=O) groups excluding carboxylic acids is 11. The molecule has 0 unspecified atom stereocenters. The van der Waals surface area contributed by atoms with Crippen LogP contribution in [-0.2, 0) is 52.7 Å². The lowest BCUT2D eigenvalue weighted by Crippen LogP contribution is -2.63. The maximum atomic E-state index is 15.1. The molecule has 5 N–H and O–H groups in total. The second kappa shape index (κ2) is 33.8. The first-order chi connectivity index (χ1) is 37.9. The molecule has 1 aliphatic rings. The van der Waals surface area contributed by atoms with Crippen molar-refractivity contribution in [2.24, 2.45) is 35.5 Å². The van der Waals surface area contributed by atoms with E-state index >= 15 is 9.59 Å². The molecule has 11 atom stereocenters. The molecule has 1 aliphatic heterocycles. The lowest BCUT2D eigenvalue weighted by atomic mass is 9.91.